The number of nitrogens with zero attached hydrogens (tertiary/aromatic N) is 1. The molecule has 0 aliphatic rings. The highest BCUT2D eigenvalue weighted by Gasteiger charge is 2.14. The first-order valence-electron chi connectivity index (χ1n) is 7.22. The van der Waals surface area contributed by atoms with Gasteiger partial charge >= 0.3 is 0 Å². The minimum atomic E-state index is 0.305. The fraction of sp³-hybridized carbons (Fsp3) is 0.438. The molecule has 0 aliphatic heterocycles. The van der Waals surface area contributed by atoms with Gasteiger partial charge in [0.25, 0.3) is 0 Å². The van der Waals surface area contributed by atoms with Gasteiger partial charge in [-0.2, -0.15) is 0 Å². The van der Waals surface area contributed by atoms with Gasteiger partial charge in [-0.15, -0.1) is 11.3 Å². The summed E-state index contributed by atoms with van der Waals surface area (Å²) in [5.74, 6) is 1.68. The molecule has 1 atom stereocenters. The summed E-state index contributed by atoms with van der Waals surface area (Å²) in [6.45, 7) is 5.03. The minimum absolute atomic E-state index is 0.305. The Kier molecular flexibility index (Phi) is 5.87. The molecule has 2 aromatic rings. The lowest BCUT2D eigenvalue weighted by atomic mass is 10.1. The normalized spacial score (nSPS) is 12.1. The van der Waals surface area contributed by atoms with Crippen LogP contribution in [0.3, 0.4) is 0 Å². The molecule has 0 bridgehead atoms. The first kappa shape index (κ1) is 14.9. The lowest BCUT2D eigenvalue weighted by Crippen LogP contribution is -2.11. The van der Waals surface area contributed by atoms with Crippen molar-refractivity contribution in [2.24, 2.45) is 0 Å². The third-order valence-corrected chi connectivity index (χ3v) is 3.99. The molecule has 1 unspecified atom stereocenters. The number of rotatable bonds is 8. The molecular formula is C16H22N2OS. The van der Waals surface area contributed by atoms with Crippen molar-refractivity contribution in [2.45, 2.75) is 39.2 Å². The molecule has 0 aromatic carbocycles. The van der Waals surface area contributed by atoms with Crippen molar-refractivity contribution < 1.29 is 4.74 Å². The van der Waals surface area contributed by atoms with Crippen LogP contribution in [0.1, 0.15) is 44.0 Å². The number of anilines is 1. The Hall–Kier alpha value is -1.55. The maximum absolute atomic E-state index is 5.76. The van der Waals surface area contributed by atoms with Gasteiger partial charge in [-0.1, -0.05) is 26.3 Å². The van der Waals surface area contributed by atoms with Crippen LogP contribution >= 0.6 is 11.3 Å². The molecule has 2 heterocycles. The van der Waals surface area contributed by atoms with E-state index in [0.29, 0.717) is 6.04 Å². The summed E-state index contributed by atoms with van der Waals surface area (Å²) < 4.78 is 5.76. The topological polar surface area (TPSA) is 34.1 Å². The van der Waals surface area contributed by atoms with E-state index < -0.39 is 0 Å². The summed E-state index contributed by atoms with van der Waals surface area (Å²) in [6, 6.07) is 8.46. The maximum atomic E-state index is 5.76. The molecule has 2 rings (SSSR count). The quantitative estimate of drug-likeness (QED) is 0.752. The lowest BCUT2D eigenvalue weighted by molar-refractivity contribution is 0.317. The zero-order valence-corrected chi connectivity index (χ0v) is 13.0. The van der Waals surface area contributed by atoms with Crippen molar-refractivity contribution in [3.63, 3.8) is 0 Å². The van der Waals surface area contributed by atoms with Crippen LogP contribution in [-0.4, -0.2) is 11.6 Å². The SMILES string of the molecule is CCCOc1cccnc1NC(CCC)c1cccs1. The van der Waals surface area contributed by atoms with E-state index >= 15 is 0 Å². The molecule has 3 nitrogen and oxygen atoms in total. The minimum Gasteiger partial charge on any atom is -0.490 e. The molecule has 0 aliphatic carbocycles. The third kappa shape index (κ3) is 3.97. The largest absolute Gasteiger partial charge is 0.490 e. The number of aromatic nitrogens is 1. The van der Waals surface area contributed by atoms with Crippen molar-refractivity contribution >= 4 is 17.2 Å². The summed E-state index contributed by atoms with van der Waals surface area (Å²) in [5, 5.41) is 5.65. The standard InChI is InChI=1S/C16H22N2OS/c1-3-7-13(15-9-6-12-20-15)18-16-14(19-11-4-2)8-5-10-17-16/h5-6,8-10,12-13H,3-4,7,11H2,1-2H3,(H,17,18). The molecule has 0 fully saturated rings. The fourth-order valence-electron chi connectivity index (χ4n) is 2.06. The highest BCUT2D eigenvalue weighted by Crippen LogP contribution is 2.30. The Morgan fingerprint density at radius 2 is 2.15 bits per heavy atom. The third-order valence-electron chi connectivity index (χ3n) is 3.01. The van der Waals surface area contributed by atoms with Gasteiger partial charge in [-0.25, -0.2) is 4.98 Å². The molecule has 0 spiro atoms. The Balaban J connectivity index is 2.14. The average Bonchev–Trinajstić information content (AvgIpc) is 3.00. The van der Waals surface area contributed by atoms with Gasteiger partial charge in [0.05, 0.1) is 12.6 Å². The number of ether oxygens (including phenoxy) is 1. The molecular weight excluding hydrogens is 268 g/mol. The lowest BCUT2D eigenvalue weighted by Gasteiger charge is -2.19. The smallest absolute Gasteiger partial charge is 0.169 e. The number of thiophene rings is 1. The van der Waals surface area contributed by atoms with Crippen molar-refractivity contribution in [2.75, 3.05) is 11.9 Å². The van der Waals surface area contributed by atoms with Crippen LogP contribution in [0.25, 0.3) is 0 Å². The summed E-state index contributed by atoms with van der Waals surface area (Å²) >= 11 is 1.78. The number of nitrogens with one attached hydrogen (secondary N) is 1. The second-order valence-corrected chi connectivity index (χ2v) is 5.68. The highest BCUT2D eigenvalue weighted by atomic mass is 32.1. The van der Waals surface area contributed by atoms with Gasteiger partial charge in [0, 0.05) is 11.1 Å². The van der Waals surface area contributed by atoms with Crippen molar-refractivity contribution in [1.29, 1.82) is 0 Å². The van der Waals surface area contributed by atoms with Crippen LogP contribution < -0.4 is 10.1 Å². The average molecular weight is 290 g/mol. The second kappa shape index (κ2) is 7.90. The van der Waals surface area contributed by atoms with E-state index in [1.807, 2.05) is 12.1 Å². The molecule has 0 saturated heterocycles. The van der Waals surface area contributed by atoms with Crippen LogP contribution in [0, 0.1) is 0 Å². The molecule has 4 heteroatoms. The number of hydrogen-bond donors (Lipinski definition) is 1. The predicted octanol–water partition coefficient (Wildman–Crippen LogP) is 4.89. The van der Waals surface area contributed by atoms with E-state index in [-0.39, 0.29) is 0 Å². The Morgan fingerprint density at radius 1 is 1.25 bits per heavy atom. The second-order valence-electron chi connectivity index (χ2n) is 4.70. The Morgan fingerprint density at radius 3 is 2.85 bits per heavy atom. The molecule has 0 amide bonds. The first-order valence-corrected chi connectivity index (χ1v) is 8.10. The van der Waals surface area contributed by atoms with Gasteiger partial charge in [0.15, 0.2) is 11.6 Å². The van der Waals surface area contributed by atoms with E-state index in [4.69, 9.17) is 4.74 Å². The first-order chi connectivity index (χ1) is 9.85. The van der Waals surface area contributed by atoms with E-state index in [2.05, 4.69) is 41.7 Å². The summed E-state index contributed by atoms with van der Waals surface area (Å²) in [5.41, 5.74) is 0. The van der Waals surface area contributed by atoms with Crippen LogP contribution in [0.4, 0.5) is 5.82 Å². The number of hydrogen-bond acceptors (Lipinski definition) is 4. The summed E-state index contributed by atoms with van der Waals surface area (Å²) in [7, 11) is 0. The van der Waals surface area contributed by atoms with E-state index in [1.165, 1.54) is 4.88 Å². The molecule has 1 N–H and O–H groups in total. The van der Waals surface area contributed by atoms with Crippen LogP contribution in [0.15, 0.2) is 35.8 Å². The maximum Gasteiger partial charge on any atom is 0.169 e. The van der Waals surface area contributed by atoms with Crippen molar-refractivity contribution in [1.82, 2.24) is 4.98 Å². The molecule has 108 valence electrons. The van der Waals surface area contributed by atoms with Gasteiger partial charge < -0.3 is 10.1 Å². The van der Waals surface area contributed by atoms with Gasteiger partial charge in [-0.3, -0.25) is 0 Å². The zero-order chi connectivity index (χ0) is 14.2. The predicted molar refractivity (Wildman–Crippen MR) is 85.6 cm³/mol. The van der Waals surface area contributed by atoms with Gasteiger partial charge in [-0.05, 0) is 36.4 Å². The van der Waals surface area contributed by atoms with Crippen molar-refractivity contribution in [3.05, 3.63) is 40.7 Å². The van der Waals surface area contributed by atoms with Crippen LogP contribution in [0.5, 0.6) is 5.75 Å². The Labute approximate surface area is 125 Å². The zero-order valence-electron chi connectivity index (χ0n) is 12.1. The summed E-state index contributed by atoms with van der Waals surface area (Å²) in [4.78, 5) is 5.78. The molecule has 20 heavy (non-hydrogen) atoms. The van der Waals surface area contributed by atoms with E-state index in [0.717, 1.165) is 37.4 Å². The van der Waals surface area contributed by atoms with Crippen molar-refractivity contribution in [3.8, 4) is 5.75 Å². The van der Waals surface area contributed by atoms with Gasteiger partial charge in [0.2, 0.25) is 0 Å². The highest BCUT2D eigenvalue weighted by molar-refractivity contribution is 7.10. The van der Waals surface area contributed by atoms with E-state index in [9.17, 15) is 0 Å². The molecule has 2 aromatic heterocycles. The fourth-order valence-corrected chi connectivity index (χ4v) is 2.87. The molecule has 0 radical (unpaired) electrons. The summed E-state index contributed by atoms with van der Waals surface area (Å²) in [6.07, 6.45) is 5.02. The monoisotopic (exact) mass is 290 g/mol. The molecule has 0 saturated carbocycles. The Bertz CT molecular complexity index is 499. The van der Waals surface area contributed by atoms with E-state index in [1.54, 1.807) is 17.5 Å². The van der Waals surface area contributed by atoms with Gasteiger partial charge in [0.1, 0.15) is 0 Å². The van der Waals surface area contributed by atoms with Crippen LogP contribution in [-0.2, 0) is 0 Å². The number of pyridine rings is 1. The van der Waals surface area contributed by atoms with Crippen LogP contribution in [0.2, 0.25) is 0 Å².